The van der Waals surface area contributed by atoms with Gasteiger partial charge in [-0.25, -0.2) is 0 Å². The van der Waals surface area contributed by atoms with Crippen LogP contribution in [0.1, 0.15) is 140 Å². The number of aliphatic hydroxyl groups excluding tert-OH is 2. The lowest BCUT2D eigenvalue weighted by atomic mass is 9.51. The quantitative estimate of drug-likeness (QED) is 0.268. The van der Waals surface area contributed by atoms with Gasteiger partial charge in [0.05, 0.1) is 17.8 Å². The molecule has 284 valence electrons. The zero-order chi connectivity index (χ0) is 35.7. The molecule has 9 rings (SSSR count). The SMILES string of the molecule is CC1(O)C2CCC3C(CC4C3CC(O)C3CC(O)CCC34C)C2CN2CC(CCC(CC3(c4ccccc4)CCCCC3)c3ccccc3)CCC21. The van der Waals surface area contributed by atoms with Gasteiger partial charge in [-0.15, -0.1) is 0 Å². The lowest BCUT2D eigenvalue weighted by Gasteiger charge is -2.60. The lowest BCUT2D eigenvalue weighted by Crippen LogP contribution is -2.67. The number of hydrogen-bond acceptors (Lipinski definition) is 4. The second-order valence-electron chi connectivity index (χ2n) is 20.3. The van der Waals surface area contributed by atoms with Crippen molar-refractivity contribution in [3.8, 4) is 0 Å². The number of benzene rings is 2. The number of hydrogen-bond donors (Lipinski definition) is 3. The van der Waals surface area contributed by atoms with Crippen molar-refractivity contribution in [1.82, 2.24) is 4.90 Å². The maximum atomic E-state index is 12.5. The molecule has 3 N–H and O–H groups in total. The average Bonchev–Trinajstić information content (AvgIpc) is 3.55. The Labute approximate surface area is 315 Å². The minimum atomic E-state index is -0.622. The van der Waals surface area contributed by atoms with E-state index in [1.165, 1.54) is 82.7 Å². The summed E-state index contributed by atoms with van der Waals surface area (Å²) in [4.78, 5) is 2.81. The molecule has 52 heavy (non-hydrogen) atoms. The molecule has 5 saturated carbocycles. The van der Waals surface area contributed by atoms with Crippen molar-refractivity contribution in [2.24, 2.45) is 52.8 Å². The van der Waals surface area contributed by atoms with E-state index in [9.17, 15) is 15.3 Å². The van der Waals surface area contributed by atoms with Gasteiger partial charge in [-0.2, -0.15) is 0 Å². The van der Waals surface area contributed by atoms with E-state index >= 15 is 0 Å². The summed E-state index contributed by atoms with van der Waals surface area (Å²) in [5.41, 5.74) is 2.92. The molecule has 2 saturated heterocycles. The number of nitrogens with zero attached hydrogens (tertiary/aromatic N) is 1. The van der Waals surface area contributed by atoms with Crippen molar-refractivity contribution in [2.45, 2.75) is 158 Å². The first-order chi connectivity index (χ1) is 25.2. The summed E-state index contributed by atoms with van der Waals surface area (Å²) < 4.78 is 0. The molecule has 14 atom stereocenters. The molecule has 0 aromatic heterocycles. The third-order valence-electron chi connectivity index (χ3n) is 17.9. The van der Waals surface area contributed by atoms with Gasteiger partial charge in [0.25, 0.3) is 0 Å². The summed E-state index contributed by atoms with van der Waals surface area (Å²) in [5.74, 6) is 5.14. The van der Waals surface area contributed by atoms with Crippen LogP contribution < -0.4 is 0 Å². The van der Waals surface area contributed by atoms with Crippen LogP contribution in [0.2, 0.25) is 0 Å². The Balaban J connectivity index is 0.916. The molecule has 14 unspecified atom stereocenters. The zero-order valence-electron chi connectivity index (χ0n) is 32.4. The Kier molecular flexibility index (Phi) is 9.74. The highest BCUT2D eigenvalue weighted by Crippen LogP contribution is 2.67. The molecule has 0 radical (unpaired) electrons. The molecule has 0 spiro atoms. The van der Waals surface area contributed by atoms with E-state index < -0.39 is 5.60 Å². The number of piperidine rings is 2. The maximum absolute atomic E-state index is 12.5. The van der Waals surface area contributed by atoms with E-state index in [4.69, 9.17) is 0 Å². The van der Waals surface area contributed by atoms with Crippen molar-refractivity contribution in [2.75, 3.05) is 13.1 Å². The van der Waals surface area contributed by atoms with Crippen molar-refractivity contribution < 1.29 is 15.3 Å². The van der Waals surface area contributed by atoms with E-state index in [0.29, 0.717) is 58.8 Å². The molecule has 4 heteroatoms. The van der Waals surface area contributed by atoms with Gasteiger partial charge < -0.3 is 15.3 Å². The predicted molar refractivity (Wildman–Crippen MR) is 210 cm³/mol. The van der Waals surface area contributed by atoms with Gasteiger partial charge in [0, 0.05) is 19.1 Å². The van der Waals surface area contributed by atoms with Crippen LogP contribution in [0, 0.1) is 52.8 Å². The van der Waals surface area contributed by atoms with Crippen LogP contribution in [0.25, 0.3) is 0 Å². The van der Waals surface area contributed by atoms with Crippen molar-refractivity contribution >= 4 is 0 Å². The third kappa shape index (κ3) is 6.17. The van der Waals surface area contributed by atoms with Crippen molar-refractivity contribution in [1.29, 1.82) is 0 Å². The molecule has 2 aromatic rings. The van der Waals surface area contributed by atoms with Gasteiger partial charge in [0.2, 0.25) is 0 Å². The summed E-state index contributed by atoms with van der Waals surface area (Å²) in [6.07, 6.45) is 19.8. The molecular formula is C48H69NO3. The summed E-state index contributed by atoms with van der Waals surface area (Å²) in [6.45, 7) is 7.03. The number of aliphatic hydroxyl groups is 3. The van der Waals surface area contributed by atoms with Gasteiger partial charge in [-0.3, -0.25) is 4.90 Å². The van der Waals surface area contributed by atoms with Crippen LogP contribution in [0.5, 0.6) is 0 Å². The fourth-order valence-electron chi connectivity index (χ4n) is 15.4. The summed E-state index contributed by atoms with van der Waals surface area (Å²) >= 11 is 0. The first kappa shape index (κ1) is 35.9. The Morgan fingerprint density at radius 3 is 2.21 bits per heavy atom. The number of rotatable bonds is 7. The molecular weight excluding hydrogens is 639 g/mol. The zero-order valence-corrected chi connectivity index (χ0v) is 32.4. The number of fused-ring (bicyclic) bond motifs is 8. The minimum absolute atomic E-state index is 0.149. The Morgan fingerprint density at radius 1 is 0.692 bits per heavy atom. The van der Waals surface area contributed by atoms with Crippen LogP contribution in [0.4, 0.5) is 0 Å². The van der Waals surface area contributed by atoms with Crippen LogP contribution >= 0.6 is 0 Å². The second-order valence-corrected chi connectivity index (χ2v) is 20.3. The van der Waals surface area contributed by atoms with Crippen LogP contribution in [0.15, 0.2) is 60.7 Å². The maximum Gasteiger partial charge on any atom is 0.0805 e. The van der Waals surface area contributed by atoms with E-state index in [0.717, 1.165) is 45.1 Å². The standard InChI is InChI=1S/C48H69NO3/c1-46-25-22-36(50)26-43(46)44(51)28-39-37-19-20-41-40(38(37)27-42(39)46)31-49-30-32(17-21-45(49)47(41,2)52)16-18-34(33-12-6-3-7-13-33)29-48(23-10-5-11-24-48)35-14-8-4-9-15-35/h3-4,6-9,12-15,32,34,36-45,50-52H,5,10-11,16-31H2,1-2H3. The minimum Gasteiger partial charge on any atom is -0.393 e. The summed E-state index contributed by atoms with van der Waals surface area (Å²) in [6, 6.07) is 23.3. The smallest absolute Gasteiger partial charge is 0.0805 e. The first-order valence-electron chi connectivity index (χ1n) is 22.1. The highest BCUT2D eigenvalue weighted by atomic mass is 16.3. The molecule has 4 nitrogen and oxygen atoms in total. The van der Waals surface area contributed by atoms with Crippen LogP contribution in [-0.2, 0) is 5.41 Å². The van der Waals surface area contributed by atoms with E-state index in [1.54, 1.807) is 5.56 Å². The molecule has 0 amide bonds. The predicted octanol–water partition coefficient (Wildman–Crippen LogP) is 9.51. The molecule has 5 aliphatic carbocycles. The third-order valence-corrected chi connectivity index (χ3v) is 17.9. The highest BCUT2D eigenvalue weighted by Gasteiger charge is 2.64. The Bertz CT molecular complexity index is 1500. The van der Waals surface area contributed by atoms with E-state index in [-0.39, 0.29) is 23.5 Å². The fourth-order valence-corrected chi connectivity index (χ4v) is 15.4. The Morgan fingerprint density at radius 2 is 1.44 bits per heavy atom. The van der Waals surface area contributed by atoms with Gasteiger partial charge in [0.1, 0.15) is 0 Å². The molecule has 2 aliphatic heterocycles. The van der Waals surface area contributed by atoms with Gasteiger partial charge in [0.15, 0.2) is 0 Å². The normalized spacial score (nSPS) is 44.8. The highest BCUT2D eigenvalue weighted by molar-refractivity contribution is 5.29. The molecule has 2 aromatic carbocycles. The topological polar surface area (TPSA) is 63.9 Å². The Hall–Kier alpha value is -1.72. The summed E-state index contributed by atoms with van der Waals surface area (Å²) in [7, 11) is 0. The summed E-state index contributed by atoms with van der Waals surface area (Å²) in [5, 5.41) is 34.6. The fraction of sp³-hybridized carbons (Fsp3) is 0.750. The van der Waals surface area contributed by atoms with Gasteiger partial charge >= 0.3 is 0 Å². The van der Waals surface area contributed by atoms with Crippen molar-refractivity contribution in [3.05, 3.63) is 71.8 Å². The lowest BCUT2D eigenvalue weighted by molar-refractivity contribution is -0.177. The van der Waals surface area contributed by atoms with Gasteiger partial charge in [-0.1, -0.05) is 86.8 Å². The van der Waals surface area contributed by atoms with E-state index in [1.807, 2.05) is 0 Å². The van der Waals surface area contributed by atoms with E-state index in [2.05, 4.69) is 79.4 Å². The largest absolute Gasteiger partial charge is 0.393 e. The molecule has 0 bridgehead atoms. The van der Waals surface area contributed by atoms with Crippen LogP contribution in [-0.4, -0.2) is 57.2 Å². The molecule has 7 fully saturated rings. The van der Waals surface area contributed by atoms with Gasteiger partial charge in [-0.05, 0) is 172 Å². The monoisotopic (exact) mass is 708 g/mol. The molecule has 2 heterocycles. The second kappa shape index (κ2) is 14.1. The first-order valence-corrected chi connectivity index (χ1v) is 22.1. The van der Waals surface area contributed by atoms with Crippen LogP contribution in [0.3, 0.4) is 0 Å². The van der Waals surface area contributed by atoms with Crippen molar-refractivity contribution in [3.63, 3.8) is 0 Å². The molecule has 7 aliphatic rings. The average molecular weight is 708 g/mol.